The van der Waals surface area contributed by atoms with Crippen molar-refractivity contribution in [2.24, 2.45) is 5.92 Å². The van der Waals surface area contributed by atoms with E-state index in [0.29, 0.717) is 35.1 Å². The Bertz CT molecular complexity index is 669. The number of nitrogens with one attached hydrogen (secondary N) is 1. The summed E-state index contributed by atoms with van der Waals surface area (Å²) in [6.45, 7) is 2.43. The summed E-state index contributed by atoms with van der Waals surface area (Å²) in [7, 11) is 1.55. The molecular formula is C17H22BrN3O4. The Balaban J connectivity index is 1.66. The lowest BCUT2D eigenvalue weighted by atomic mass is 10.1. The predicted molar refractivity (Wildman–Crippen MR) is 95.5 cm³/mol. The van der Waals surface area contributed by atoms with Gasteiger partial charge < -0.3 is 14.8 Å². The van der Waals surface area contributed by atoms with Gasteiger partial charge in [-0.05, 0) is 41.1 Å². The van der Waals surface area contributed by atoms with Crippen LogP contribution in [0.25, 0.3) is 0 Å². The number of likely N-dealkylation sites (tertiary alicyclic amines) is 1. The maximum atomic E-state index is 12.7. The molecular weight excluding hydrogens is 390 g/mol. The molecule has 2 fully saturated rings. The van der Waals surface area contributed by atoms with Crippen LogP contribution in [0.2, 0.25) is 0 Å². The quantitative estimate of drug-likeness (QED) is 0.574. The number of unbranched alkanes of at least 4 members (excludes halogenated alkanes) is 1. The highest BCUT2D eigenvalue weighted by Crippen LogP contribution is 2.48. The summed E-state index contributed by atoms with van der Waals surface area (Å²) in [6.07, 6.45) is 3.02. The molecule has 136 valence electrons. The number of halogens is 1. The van der Waals surface area contributed by atoms with Crippen molar-refractivity contribution >= 4 is 33.7 Å². The predicted octanol–water partition coefficient (Wildman–Crippen LogP) is 3.19. The number of nitrogens with zero attached hydrogens (tertiary/aromatic N) is 2. The van der Waals surface area contributed by atoms with E-state index in [1.807, 2.05) is 6.92 Å². The second-order valence-electron chi connectivity index (χ2n) is 6.39. The fourth-order valence-corrected chi connectivity index (χ4v) is 3.61. The fourth-order valence-electron chi connectivity index (χ4n) is 3.20. The van der Waals surface area contributed by atoms with E-state index in [9.17, 15) is 9.59 Å². The van der Waals surface area contributed by atoms with Crippen LogP contribution < -0.4 is 10.1 Å². The summed E-state index contributed by atoms with van der Waals surface area (Å²) in [5.41, 5.74) is 0. The molecule has 1 aliphatic carbocycles. The number of rotatable bonds is 6. The maximum absolute atomic E-state index is 12.7. The maximum Gasteiger partial charge on any atom is 0.410 e. The Labute approximate surface area is 155 Å². The SMILES string of the molecule is CCCCOC(=O)N1C(C(=O)Nc2cc(OC)cc(Br)n2)CC2CC21. The molecule has 2 heterocycles. The number of carbonyl (C=O) groups excluding carboxylic acids is 2. The summed E-state index contributed by atoms with van der Waals surface area (Å²) in [4.78, 5) is 30.9. The van der Waals surface area contributed by atoms with Crippen LogP contribution in [0.3, 0.4) is 0 Å². The van der Waals surface area contributed by atoms with Crippen LogP contribution in [0.5, 0.6) is 5.75 Å². The third-order valence-electron chi connectivity index (χ3n) is 4.60. The van der Waals surface area contributed by atoms with E-state index in [0.717, 1.165) is 19.3 Å². The Morgan fingerprint density at radius 1 is 1.40 bits per heavy atom. The van der Waals surface area contributed by atoms with Gasteiger partial charge in [0.25, 0.3) is 0 Å². The van der Waals surface area contributed by atoms with Crippen LogP contribution in [0.1, 0.15) is 32.6 Å². The molecule has 25 heavy (non-hydrogen) atoms. The van der Waals surface area contributed by atoms with Crippen molar-refractivity contribution in [3.8, 4) is 5.75 Å². The summed E-state index contributed by atoms with van der Waals surface area (Å²) in [5, 5.41) is 2.78. The van der Waals surface area contributed by atoms with E-state index >= 15 is 0 Å². The molecule has 0 spiro atoms. The Morgan fingerprint density at radius 2 is 2.20 bits per heavy atom. The minimum Gasteiger partial charge on any atom is -0.497 e. The van der Waals surface area contributed by atoms with E-state index in [2.05, 4.69) is 26.2 Å². The van der Waals surface area contributed by atoms with Crippen molar-refractivity contribution < 1.29 is 19.1 Å². The molecule has 3 unspecified atom stereocenters. The second kappa shape index (κ2) is 7.59. The molecule has 1 saturated carbocycles. The van der Waals surface area contributed by atoms with Gasteiger partial charge in [0.05, 0.1) is 13.7 Å². The van der Waals surface area contributed by atoms with Gasteiger partial charge in [0.15, 0.2) is 0 Å². The number of amides is 2. The van der Waals surface area contributed by atoms with Crippen molar-refractivity contribution in [1.29, 1.82) is 0 Å². The Hall–Kier alpha value is -1.83. The standard InChI is InChI=1S/C17H22BrN3O4/c1-3-4-5-25-17(23)21-12-6-10(12)7-13(21)16(22)20-15-9-11(24-2)8-14(18)19-15/h8-10,12-13H,3-7H2,1-2H3,(H,19,20,22). The van der Waals surface area contributed by atoms with Crippen molar-refractivity contribution in [1.82, 2.24) is 9.88 Å². The van der Waals surface area contributed by atoms with Gasteiger partial charge >= 0.3 is 6.09 Å². The van der Waals surface area contributed by atoms with E-state index in [-0.39, 0.29) is 11.9 Å². The zero-order valence-electron chi connectivity index (χ0n) is 14.3. The van der Waals surface area contributed by atoms with Gasteiger partial charge in [0, 0.05) is 18.2 Å². The highest BCUT2D eigenvalue weighted by molar-refractivity contribution is 9.10. The minimum absolute atomic E-state index is 0.134. The van der Waals surface area contributed by atoms with Gasteiger partial charge in [-0.1, -0.05) is 13.3 Å². The lowest BCUT2D eigenvalue weighted by molar-refractivity contribution is -0.120. The summed E-state index contributed by atoms with van der Waals surface area (Å²) in [6, 6.07) is 2.97. The molecule has 1 N–H and O–H groups in total. The number of hydrogen-bond donors (Lipinski definition) is 1. The van der Waals surface area contributed by atoms with Crippen LogP contribution >= 0.6 is 15.9 Å². The molecule has 1 aliphatic heterocycles. The number of fused-ring (bicyclic) bond motifs is 1. The molecule has 3 rings (SSSR count). The summed E-state index contributed by atoms with van der Waals surface area (Å²) < 4.78 is 11.1. The average Bonchev–Trinajstić information content (AvgIpc) is 3.24. The summed E-state index contributed by atoms with van der Waals surface area (Å²) in [5.74, 6) is 1.13. The van der Waals surface area contributed by atoms with Crippen LogP contribution in [0, 0.1) is 5.92 Å². The number of ether oxygens (including phenoxy) is 2. The molecule has 7 nitrogen and oxygen atoms in total. The highest BCUT2D eigenvalue weighted by Gasteiger charge is 2.56. The lowest BCUT2D eigenvalue weighted by Gasteiger charge is -2.26. The first kappa shape index (κ1) is 18.0. The van der Waals surface area contributed by atoms with Crippen molar-refractivity contribution in [2.75, 3.05) is 19.0 Å². The number of piperidine rings is 1. The van der Waals surface area contributed by atoms with E-state index in [1.165, 1.54) is 0 Å². The molecule has 8 heteroatoms. The number of carbonyl (C=O) groups is 2. The van der Waals surface area contributed by atoms with Crippen LogP contribution in [0.4, 0.5) is 10.6 Å². The number of hydrogen-bond acceptors (Lipinski definition) is 5. The van der Waals surface area contributed by atoms with E-state index in [1.54, 1.807) is 24.1 Å². The number of anilines is 1. The summed E-state index contributed by atoms with van der Waals surface area (Å²) >= 11 is 3.29. The van der Waals surface area contributed by atoms with Gasteiger partial charge in [0.2, 0.25) is 5.91 Å². The first-order valence-corrected chi connectivity index (χ1v) is 9.30. The third kappa shape index (κ3) is 4.05. The van der Waals surface area contributed by atoms with Gasteiger partial charge in [-0.3, -0.25) is 9.69 Å². The average molecular weight is 412 g/mol. The third-order valence-corrected chi connectivity index (χ3v) is 5.00. The molecule has 0 bridgehead atoms. The lowest BCUT2D eigenvalue weighted by Crippen LogP contribution is -2.45. The smallest absolute Gasteiger partial charge is 0.410 e. The zero-order chi connectivity index (χ0) is 18.0. The number of pyridine rings is 1. The zero-order valence-corrected chi connectivity index (χ0v) is 15.9. The highest BCUT2D eigenvalue weighted by atomic mass is 79.9. The van der Waals surface area contributed by atoms with Crippen molar-refractivity contribution in [3.05, 3.63) is 16.7 Å². The van der Waals surface area contributed by atoms with Crippen LogP contribution in [-0.4, -0.2) is 47.7 Å². The van der Waals surface area contributed by atoms with Crippen molar-refractivity contribution in [3.63, 3.8) is 0 Å². The molecule has 2 amide bonds. The minimum atomic E-state index is -0.510. The van der Waals surface area contributed by atoms with Gasteiger partial charge in [0.1, 0.15) is 22.2 Å². The molecule has 2 aliphatic rings. The Morgan fingerprint density at radius 3 is 2.92 bits per heavy atom. The monoisotopic (exact) mass is 411 g/mol. The van der Waals surface area contributed by atoms with Gasteiger partial charge in [-0.25, -0.2) is 9.78 Å². The Kier molecular flexibility index (Phi) is 5.46. The molecule has 1 saturated heterocycles. The van der Waals surface area contributed by atoms with Crippen LogP contribution in [0.15, 0.2) is 16.7 Å². The first-order valence-electron chi connectivity index (χ1n) is 8.51. The second-order valence-corrected chi connectivity index (χ2v) is 7.21. The molecule has 0 aromatic carbocycles. The normalized spacial score (nSPS) is 23.8. The van der Waals surface area contributed by atoms with Crippen molar-refractivity contribution in [2.45, 2.75) is 44.7 Å². The molecule has 1 aromatic rings. The van der Waals surface area contributed by atoms with Crippen LogP contribution in [-0.2, 0) is 9.53 Å². The van der Waals surface area contributed by atoms with Gasteiger partial charge in [-0.2, -0.15) is 0 Å². The van der Waals surface area contributed by atoms with E-state index < -0.39 is 12.1 Å². The molecule has 1 aromatic heterocycles. The largest absolute Gasteiger partial charge is 0.497 e. The molecule has 3 atom stereocenters. The number of aromatic nitrogens is 1. The molecule has 0 radical (unpaired) electrons. The van der Waals surface area contributed by atoms with Gasteiger partial charge in [-0.15, -0.1) is 0 Å². The number of methoxy groups -OCH3 is 1. The fraction of sp³-hybridized carbons (Fsp3) is 0.588. The van der Waals surface area contributed by atoms with E-state index in [4.69, 9.17) is 9.47 Å². The first-order chi connectivity index (χ1) is 12.0. The topological polar surface area (TPSA) is 80.8 Å².